The molecule has 1 aromatic heterocycles. The number of hydrogen-bond acceptors (Lipinski definition) is 8. The number of fused-ring (bicyclic) bond motifs is 1. The van der Waals surface area contributed by atoms with Gasteiger partial charge in [-0.15, -0.1) is 0 Å². The molecular weight excluding hydrogens is 340 g/mol. The quantitative estimate of drug-likeness (QED) is 0.840. The van der Waals surface area contributed by atoms with E-state index in [1.54, 1.807) is 18.2 Å². The molecule has 3 rings (SSSR count). The third-order valence-electron chi connectivity index (χ3n) is 3.99. The number of nitrogens with two attached hydrogens (primary N) is 1. The lowest BCUT2D eigenvalue weighted by molar-refractivity contribution is 0.231. The summed E-state index contributed by atoms with van der Waals surface area (Å²) in [7, 11) is 2.99. The Kier molecular flexibility index (Phi) is 4.56. The van der Waals surface area contributed by atoms with E-state index in [0.29, 0.717) is 17.1 Å². The number of hydrogen-bond donors (Lipinski definition) is 2. The lowest BCUT2D eigenvalue weighted by Crippen LogP contribution is -2.25. The minimum absolute atomic E-state index is 0.0509. The number of allylic oxidation sites excluding steroid dienone is 1. The number of nitriles is 1. The molecule has 0 radical (unpaired) electrons. The van der Waals surface area contributed by atoms with Crippen LogP contribution in [0.4, 0.5) is 0 Å². The second-order valence-electron chi connectivity index (χ2n) is 5.50. The molecule has 0 spiro atoms. The van der Waals surface area contributed by atoms with Gasteiger partial charge in [-0.25, -0.2) is 0 Å². The molecule has 0 fully saturated rings. The zero-order valence-corrected chi connectivity index (χ0v) is 14.1. The van der Waals surface area contributed by atoms with Crippen LogP contribution in [0.3, 0.4) is 0 Å². The Labute approximate surface area is 148 Å². The summed E-state index contributed by atoms with van der Waals surface area (Å²) in [5, 5.41) is 18.9. The number of ether oxygens (including phenoxy) is 3. The zero-order chi connectivity index (χ0) is 18.8. The second-order valence-corrected chi connectivity index (χ2v) is 5.50. The summed E-state index contributed by atoms with van der Waals surface area (Å²) in [5.41, 5.74) is 5.98. The standard InChI is InChI=1S/C18H16N2O6/c1-23-10-3-9(4-11(5-10)24-2)15-13(7-19)18(20)26-16-14(22)6-12(8-21)25-17(15)16/h3-6,15,21H,8,20H2,1-2H3. The Morgan fingerprint density at radius 2 is 1.88 bits per heavy atom. The molecule has 1 aliphatic rings. The van der Waals surface area contributed by atoms with Crippen molar-refractivity contribution >= 4 is 0 Å². The van der Waals surface area contributed by atoms with E-state index >= 15 is 0 Å². The fourth-order valence-corrected chi connectivity index (χ4v) is 2.79. The molecule has 0 saturated carbocycles. The van der Waals surface area contributed by atoms with Gasteiger partial charge < -0.3 is 29.5 Å². The fraction of sp³-hybridized carbons (Fsp3) is 0.222. The Hall–Kier alpha value is -3.44. The van der Waals surface area contributed by atoms with E-state index in [1.807, 2.05) is 6.07 Å². The predicted molar refractivity (Wildman–Crippen MR) is 89.7 cm³/mol. The maximum absolute atomic E-state index is 12.3. The van der Waals surface area contributed by atoms with Crippen LogP contribution >= 0.6 is 0 Å². The Balaban J connectivity index is 2.31. The van der Waals surface area contributed by atoms with Crippen molar-refractivity contribution in [2.24, 2.45) is 5.73 Å². The number of aliphatic hydroxyl groups is 1. The molecule has 1 atom stereocenters. The molecule has 26 heavy (non-hydrogen) atoms. The molecule has 1 unspecified atom stereocenters. The monoisotopic (exact) mass is 356 g/mol. The third-order valence-corrected chi connectivity index (χ3v) is 3.99. The van der Waals surface area contributed by atoms with E-state index in [0.717, 1.165) is 6.07 Å². The molecule has 0 aliphatic carbocycles. The molecule has 1 aliphatic heterocycles. The Morgan fingerprint density at radius 1 is 1.23 bits per heavy atom. The van der Waals surface area contributed by atoms with E-state index in [1.165, 1.54) is 14.2 Å². The fourth-order valence-electron chi connectivity index (χ4n) is 2.79. The van der Waals surface area contributed by atoms with Gasteiger partial charge in [-0.2, -0.15) is 5.26 Å². The summed E-state index contributed by atoms with van der Waals surface area (Å²) >= 11 is 0. The Bertz CT molecular complexity index is 964. The number of benzene rings is 1. The first-order valence-electron chi connectivity index (χ1n) is 7.60. The molecule has 3 N–H and O–H groups in total. The van der Waals surface area contributed by atoms with Gasteiger partial charge in [0.15, 0.2) is 5.76 Å². The van der Waals surface area contributed by atoms with Crippen LogP contribution in [0.25, 0.3) is 0 Å². The minimum Gasteiger partial charge on any atom is -0.497 e. The van der Waals surface area contributed by atoms with Gasteiger partial charge >= 0.3 is 0 Å². The van der Waals surface area contributed by atoms with Crippen molar-refractivity contribution in [3.05, 3.63) is 63.0 Å². The van der Waals surface area contributed by atoms with Gasteiger partial charge in [-0.1, -0.05) is 0 Å². The van der Waals surface area contributed by atoms with Crippen molar-refractivity contribution in [3.8, 4) is 23.3 Å². The van der Waals surface area contributed by atoms with E-state index in [4.69, 9.17) is 24.4 Å². The highest BCUT2D eigenvalue weighted by molar-refractivity contribution is 5.54. The van der Waals surface area contributed by atoms with Gasteiger partial charge in [0.05, 0.1) is 20.1 Å². The second kappa shape index (κ2) is 6.82. The minimum atomic E-state index is -0.813. The van der Waals surface area contributed by atoms with Crippen LogP contribution in [-0.2, 0) is 6.61 Å². The van der Waals surface area contributed by atoms with E-state index in [2.05, 4.69) is 0 Å². The molecule has 1 aromatic carbocycles. The molecule has 2 heterocycles. The van der Waals surface area contributed by atoms with Crippen LogP contribution in [0.5, 0.6) is 17.2 Å². The molecule has 0 bridgehead atoms. The topological polar surface area (TPSA) is 128 Å². The van der Waals surface area contributed by atoms with Gasteiger partial charge in [0.1, 0.15) is 35.5 Å². The lowest BCUT2D eigenvalue weighted by Gasteiger charge is -2.25. The van der Waals surface area contributed by atoms with E-state index in [-0.39, 0.29) is 28.7 Å². The van der Waals surface area contributed by atoms with Gasteiger partial charge in [-0.05, 0) is 17.7 Å². The van der Waals surface area contributed by atoms with Crippen molar-refractivity contribution in [1.29, 1.82) is 5.26 Å². The van der Waals surface area contributed by atoms with Crippen molar-refractivity contribution < 1.29 is 23.7 Å². The summed E-state index contributed by atoms with van der Waals surface area (Å²) in [6, 6.07) is 8.14. The van der Waals surface area contributed by atoms with Crippen molar-refractivity contribution in [2.75, 3.05) is 14.2 Å². The van der Waals surface area contributed by atoms with Crippen LogP contribution in [0.2, 0.25) is 0 Å². The van der Waals surface area contributed by atoms with Gasteiger partial charge in [0.2, 0.25) is 17.1 Å². The maximum atomic E-state index is 12.3. The molecule has 134 valence electrons. The summed E-state index contributed by atoms with van der Waals surface area (Å²) in [5.74, 6) is -0.00123. The first kappa shape index (κ1) is 17.4. The first-order chi connectivity index (χ1) is 12.5. The Morgan fingerprint density at radius 3 is 2.42 bits per heavy atom. The molecule has 0 amide bonds. The largest absolute Gasteiger partial charge is 0.497 e. The highest BCUT2D eigenvalue weighted by Gasteiger charge is 2.35. The summed E-state index contributed by atoms with van der Waals surface area (Å²) in [6.45, 7) is -0.474. The average molecular weight is 356 g/mol. The van der Waals surface area contributed by atoms with Crippen molar-refractivity contribution in [3.63, 3.8) is 0 Å². The van der Waals surface area contributed by atoms with Crippen LogP contribution in [0.1, 0.15) is 23.0 Å². The summed E-state index contributed by atoms with van der Waals surface area (Å²) in [6.07, 6.45) is 0. The number of nitrogens with zero attached hydrogens (tertiary/aromatic N) is 1. The smallest absolute Gasteiger partial charge is 0.228 e. The van der Waals surface area contributed by atoms with Gasteiger partial charge in [0.25, 0.3) is 0 Å². The number of rotatable bonds is 4. The third kappa shape index (κ3) is 2.85. The van der Waals surface area contributed by atoms with Crippen LogP contribution < -0.4 is 25.4 Å². The molecular formula is C18H16N2O6. The molecule has 8 nitrogen and oxygen atoms in total. The van der Waals surface area contributed by atoms with Crippen molar-refractivity contribution in [2.45, 2.75) is 12.5 Å². The lowest BCUT2D eigenvalue weighted by atomic mass is 9.87. The highest BCUT2D eigenvalue weighted by atomic mass is 16.5. The van der Waals surface area contributed by atoms with Crippen molar-refractivity contribution in [1.82, 2.24) is 0 Å². The number of methoxy groups -OCH3 is 2. The van der Waals surface area contributed by atoms with Crippen LogP contribution in [-0.4, -0.2) is 19.3 Å². The molecule has 2 aromatic rings. The van der Waals surface area contributed by atoms with Crippen LogP contribution in [0, 0.1) is 11.3 Å². The average Bonchev–Trinajstić information content (AvgIpc) is 2.66. The highest BCUT2D eigenvalue weighted by Crippen LogP contribution is 2.42. The normalized spacial score (nSPS) is 15.7. The predicted octanol–water partition coefficient (Wildman–Crippen LogP) is 1.37. The van der Waals surface area contributed by atoms with Crippen LogP contribution in [0.15, 0.2) is 44.9 Å². The summed E-state index contributed by atoms with van der Waals surface area (Å²) in [4.78, 5) is 12.3. The zero-order valence-electron chi connectivity index (χ0n) is 14.1. The molecule has 0 saturated heterocycles. The SMILES string of the molecule is COc1cc(OC)cc(C2C(C#N)=C(N)Oc3c2oc(CO)cc3=O)c1. The number of aliphatic hydroxyl groups excluding tert-OH is 1. The van der Waals surface area contributed by atoms with E-state index in [9.17, 15) is 15.2 Å². The summed E-state index contributed by atoms with van der Waals surface area (Å²) < 4.78 is 21.5. The van der Waals surface area contributed by atoms with Gasteiger partial charge in [-0.3, -0.25) is 4.79 Å². The first-order valence-corrected chi connectivity index (χ1v) is 7.60. The maximum Gasteiger partial charge on any atom is 0.228 e. The van der Waals surface area contributed by atoms with Gasteiger partial charge in [0, 0.05) is 12.1 Å². The van der Waals surface area contributed by atoms with E-state index < -0.39 is 18.0 Å². The molecule has 8 heteroatoms.